The predicted molar refractivity (Wildman–Crippen MR) is 88.2 cm³/mol. The Kier molecular flexibility index (Phi) is 3.73. The second-order valence-electron chi connectivity index (χ2n) is 5.17. The van der Waals surface area contributed by atoms with Crippen molar-refractivity contribution in [2.45, 2.75) is 24.5 Å². The predicted octanol–water partition coefficient (Wildman–Crippen LogP) is 4.22. The van der Waals surface area contributed by atoms with E-state index in [9.17, 15) is 4.79 Å². The van der Waals surface area contributed by atoms with Gasteiger partial charge >= 0.3 is 0 Å². The maximum absolute atomic E-state index is 12.5. The molecule has 2 heterocycles. The Bertz CT molecular complexity index is 668. The third-order valence-electron chi connectivity index (χ3n) is 3.62. The van der Waals surface area contributed by atoms with Crippen LogP contribution in [0.5, 0.6) is 0 Å². The van der Waals surface area contributed by atoms with Crippen LogP contribution in [0.1, 0.15) is 19.8 Å². The Labute approximate surface area is 130 Å². The van der Waals surface area contributed by atoms with Crippen LogP contribution < -0.4 is 5.32 Å². The molecule has 1 aromatic carbocycles. The molecule has 1 fully saturated rings. The number of carbonyl (C=O) groups is 1. The fourth-order valence-electron chi connectivity index (χ4n) is 2.45. The molecule has 1 amide bonds. The van der Waals surface area contributed by atoms with Crippen LogP contribution in [0, 0.1) is 0 Å². The highest BCUT2D eigenvalue weighted by Crippen LogP contribution is 2.39. The first kappa shape index (κ1) is 13.9. The van der Waals surface area contributed by atoms with Crippen molar-refractivity contribution in [1.82, 2.24) is 4.98 Å². The Morgan fingerprint density at radius 1 is 1.50 bits per heavy atom. The zero-order valence-electron chi connectivity index (χ0n) is 11.1. The van der Waals surface area contributed by atoms with Crippen LogP contribution in [-0.4, -0.2) is 21.4 Å². The minimum Gasteiger partial charge on any atom is -0.323 e. The van der Waals surface area contributed by atoms with Gasteiger partial charge in [0.1, 0.15) is 0 Å². The summed E-state index contributed by atoms with van der Waals surface area (Å²) < 4.78 is 0.629. The van der Waals surface area contributed by atoms with Crippen molar-refractivity contribution in [1.29, 1.82) is 0 Å². The number of fused-ring (bicyclic) bond motifs is 1. The van der Waals surface area contributed by atoms with Crippen molar-refractivity contribution in [3.8, 4) is 0 Å². The van der Waals surface area contributed by atoms with Crippen molar-refractivity contribution in [3.05, 3.63) is 34.9 Å². The number of hydrogen-bond donors (Lipinski definition) is 1. The lowest BCUT2D eigenvalue weighted by molar-refractivity contribution is -0.118. The topological polar surface area (TPSA) is 42.0 Å². The van der Waals surface area contributed by atoms with E-state index in [4.69, 9.17) is 0 Å². The Hall–Kier alpha value is -1.07. The third-order valence-corrected chi connectivity index (χ3v) is 5.58. The summed E-state index contributed by atoms with van der Waals surface area (Å²) in [6.45, 7) is 2.02. The maximum atomic E-state index is 12.5. The van der Waals surface area contributed by atoms with Gasteiger partial charge in [0.2, 0.25) is 5.91 Å². The molecule has 1 N–H and O–H groups in total. The van der Waals surface area contributed by atoms with E-state index in [0.29, 0.717) is 0 Å². The molecule has 1 aromatic heterocycles. The van der Waals surface area contributed by atoms with Gasteiger partial charge < -0.3 is 5.32 Å². The van der Waals surface area contributed by atoms with Crippen molar-refractivity contribution in [2.75, 3.05) is 11.1 Å². The van der Waals surface area contributed by atoms with E-state index < -0.39 is 0 Å². The number of pyridine rings is 1. The largest absolute Gasteiger partial charge is 0.323 e. The average Bonchev–Trinajstić information content (AvgIpc) is 2.87. The van der Waals surface area contributed by atoms with E-state index in [0.717, 1.165) is 39.7 Å². The van der Waals surface area contributed by atoms with Gasteiger partial charge in [-0.25, -0.2) is 0 Å². The molecule has 0 aliphatic carbocycles. The lowest BCUT2D eigenvalue weighted by atomic mass is 10.0. The first-order chi connectivity index (χ1) is 9.58. The van der Waals surface area contributed by atoms with Crippen LogP contribution in [-0.2, 0) is 4.79 Å². The molecule has 104 valence electrons. The minimum atomic E-state index is -0.308. The van der Waals surface area contributed by atoms with Crippen LogP contribution in [0.2, 0.25) is 0 Å². The molecule has 20 heavy (non-hydrogen) atoms. The summed E-state index contributed by atoms with van der Waals surface area (Å²) in [6.07, 6.45) is 3.80. The fourth-order valence-corrected chi connectivity index (χ4v) is 4.01. The summed E-state index contributed by atoms with van der Waals surface area (Å²) in [5.74, 6) is 1.14. The van der Waals surface area contributed by atoms with Crippen LogP contribution in [0.3, 0.4) is 0 Å². The maximum Gasteiger partial charge on any atom is 0.240 e. The normalized spacial score (nSPS) is 22.1. The van der Waals surface area contributed by atoms with Crippen LogP contribution in [0.4, 0.5) is 5.69 Å². The van der Waals surface area contributed by atoms with Gasteiger partial charge in [-0.3, -0.25) is 9.78 Å². The molecule has 0 bridgehead atoms. The van der Waals surface area contributed by atoms with Gasteiger partial charge in [0.25, 0.3) is 0 Å². The average molecular weight is 351 g/mol. The Balaban J connectivity index is 1.93. The van der Waals surface area contributed by atoms with Gasteiger partial charge in [-0.2, -0.15) is 0 Å². The molecular weight excluding hydrogens is 336 g/mol. The molecule has 5 heteroatoms. The molecule has 2 aromatic rings. The molecule has 0 spiro atoms. The number of carbonyl (C=O) groups excluding carboxylic acids is 1. The number of nitrogens with one attached hydrogen (secondary N) is 1. The number of benzene rings is 1. The van der Waals surface area contributed by atoms with E-state index in [1.165, 1.54) is 0 Å². The number of hydrogen-bond acceptors (Lipinski definition) is 3. The van der Waals surface area contributed by atoms with Gasteiger partial charge in [-0.1, -0.05) is 12.1 Å². The van der Waals surface area contributed by atoms with Gasteiger partial charge in [0.15, 0.2) is 0 Å². The van der Waals surface area contributed by atoms with Crippen LogP contribution in [0.25, 0.3) is 10.9 Å². The standard InChI is InChI=1S/C15H15BrN2OS/c1-15(6-3-7-20-15)14(19)18-12-5-2-4-10-8-11(16)9-17-13(10)12/h2,4-5,8-9H,3,6-7H2,1H3,(H,18,19). The summed E-state index contributed by atoms with van der Waals surface area (Å²) in [5.41, 5.74) is 1.62. The quantitative estimate of drug-likeness (QED) is 0.881. The summed E-state index contributed by atoms with van der Waals surface area (Å²) >= 11 is 5.16. The lowest BCUT2D eigenvalue weighted by Crippen LogP contribution is -2.34. The summed E-state index contributed by atoms with van der Waals surface area (Å²) in [7, 11) is 0. The highest BCUT2D eigenvalue weighted by Gasteiger charge is 2.37. The number of aromatic nitrogens is 1. The van der Waals surface area contributed by atoms with E-state index in [1.807, 2.05) is 31.2 Å². The number of rotatable bonds is 2. The highest BCUT2D eigenvalue weighted by atomic mass is 79.9. The molecule has 0 saturated carbocycles. The smallest absolute Gasteiger partial charge is 0.240 e. The van der Waals surface area contributed by atoms with Crippen molar-refractivity contribution < 1.29 is 4.79 Å². The van der Waals surface area contributed by atoms with Crippen molar-refractivity contribution in [3.63, 3.8) is 0 Å². The molecule has 0 radical (unpaired) electrons. The monoisotopic (exact) mass is 350 g/mol. The number of nitrogens with zero attached hydrogens (tertiary/aromatic N) is 1. The van der Waals surface area contributed by atoms with Crippen LogP contribution >= 0.6 is 27.7 Å². The van der Waals surface area contributed by atoms with Crippen molar-refractivity contribution in [2.24, 2.45) is 0 Å². The van der Waals surface area contributed by atoms with Gasteiger partial charge in [-0.15, -0.1) is 11.8 Å². The number of para-hydroxylation sites is 1. The molecule has 1 aliphatic rings. The molecule has 1 unspecified atom stereocenters. The van der Waals surface area contributed by atoms with Gasteiger partial charge in [-0.05, 0) is 53.6 Å². The number of anilines is 1. The van der Waals surface area contributed by atoms with E-state index in [-0.39, 0.29) is 10.7 Å². The molecule has 1 atom stereocenters. The Morgan fingerprint density at radius 2 is 2.35 bits per heavy atom. The van der Waals surface area contributed by atoms with Gasteiger partial charge in [0.05, 0.1) is 16.0 Å². The van der Waals surface area contributed by atoms with Crippen LogP contribution in [0.15, 0.2) is 34.9 Å². The van der Waals surface area contributed by atoms with E-state index >= 15 is 0 Å². The first-order valence-corrected chi connectivity index (χ1v) is 8.36. The third kappa shape index (κ3) is 2.56. The summed E-state index contributed by atoms with van der Waals surface area (Å²) in [5, 5.41) is 4.06. The zero-order chi connectivity index (χ0) is 14.2. The summed E-state index contributed by atoms with van der Waals surface area (Å²) in [4.78, 5) is 16.9. The fraction of sp³-hybridized carbons (Fsp3) is 0.333. The molecular formula is C15H15BrN2OS. The van der Waals surface area contributed by atoms with E-state index in [2.05, 4.69) is 26.2 Å². The second-order valence-corrected chi connectivity index (χ2v) is 7.68. The Morgan fingerprint density at radius 3 is 3.10 bits per heavy atom. The van der Waals surface area contributed by atoms with Gasteiger partial charge in [0, 0.05) is 16.1 Å². The number of halogens is 1. The molecule has 3 rings (SSSR count). The highest BCUT2D eigenvalue weighted by molar-refractivity contribution is 9.10. The number of thioether (sulfide) groups is 1. The second kappa shape index (κ2) is 5.37. The summed E-state index contributed by atoms with van der Waals surface area (Å²) in [6, 6.07) is 7.85. The number of amides is 1. The first-order valence-electron chi connectivity index (χ1n) is 6.58. The van der Waals surface area contributed by atoms with Crippen molar-refractivity contribution >= 4 is 50.2 Å². The van der Waals surface area contributed by atoms with E-state index in [1.54, 1.807) is 18.0 Å². The molecule has 3 nitrogen and oxygen atoms in total. The molecule has 1 saturated heterocycles. The minimum absolute atomic E-state index is 0.0808. The molecule has 1 aliphatic heterocycles. The zero-order valence-corrected chi connectivity index (χ0v) is 13.6. The lowest BCUT2D eigenvalue weighted by Gasteiger charge is -2.21. The SMILES string of the molecule is CC1(C(=O)Nc2cccc3cc(Br)cnc23)CCCS1.